The van der Waals surface area contributed by atoms with Gasteiger partial charge in [0.05, 0.1) is 6.42 Å². The summed E-state index contributed by atoms with van der Waals surface area (Å²) in [6, 6.07) is 20.3. The van der Waals surface area contributed by atoms with E-state index in [1.165, 1.54) is 0 Å². The van der Waals surface area contributed by atoms with E-state index in [0.29, 0.717) is 29.6 Å². The summed E-state index contributed by atoms with van der Waals surface area (Å²) in [6.07, 6.45) is 2.00. The summed E-state index contributed by atoms with van der Waals surface area (Å²) >= 11 is 5.85. The molecule has 2 aromatic carbocycles. The maximum absolute atomic E-state index is 12.1. The first-order chi connectivity index (χ1) is 12.2. The van der Waals surface area contributed by atoms with Crippen LogP contribution in [0.3, 0.4) is 0 Å². The Morgan fingerprint density at radius 2 is 1.84 bits per heavy atom. The lowest BCUT2D eigenvalue weighted by molar-refractivity contribution is -0.120. The molecule has 1 aromatic heterocycles. The van der Waals surface area contributed by atoms with Crippen molar-refractivity contribution in [3.8, 4) is 11.6 Å². The van der Waals surface area contributed by atoms with Gasteiger partial charge in [0.15, 0.2) is 0 Å². The summed E-state index contributed by atoms with van der Waals surface area (Å²) in [5.74, 6) is 1.17. The molecule has 0 fully saturated rings. The summed E-state index contributed by atoms with van der Waals surface area (Å²) < 4.78 is 5.70. The fourth-order valence-electron chi connectivity index (χ4n) is 2.30. The van der Waals surface area contributed by atoms with Crippen molar-refractivity contribution in [3.63, 3.8) is 0 Å². The van der Waals surface area contributed by atoms with Crippen LogP contribution in [-0.4, -0.2) is 10.9 Å². The van der Waals surface area contributed by atoms with Gasteiger partial charge in [-0.2, -0.15) is 0 Å². The summed E-state index contributed by atoms with van der Waals surface area (Å²) in [4.78, 5) is 16.2. The van der Waals surface area contributed by atoms with E-state index >= 15 is 0 Å². The average Bonchev–Trinajstić information content (AvgIpc) is 2.63. The molecule has 1 amide bonds. The minimum absolute atomic E-state index is 0.0432. The van der Waals surface area contributed by atoms with Gasteiger partial charge >= 0.3 is 0 Å². The molecule has 0 bridgehead atoms. The SMILES string of the molecule is O=C(Cc1ccc(Cl)cc1)NCc1cccc(Oc2ccccn2)c1. The predicted molar refractivity (Wildman–Crippen MR) is 97.8 cm³/mol. The molecule has 0 aliphatic heterocycles. The quantitative estimate of drug-likeness (QED) is 0.716. The molecule has 0 unspecified atom stereocenters. The lowest BCUT2D eigenvalue weighted by Gasteiger charge is -2.08. The molecule has 25 heavy (non-hydrogen) atoms. The number of hydrogen-bond donors (Lipinski definition) is 1. The zero-order valence-electron chi connectivity index (χ0n) is 13.5. The van der Waals surface area contributed by atoms with Gasteiger partial charge in [0, 0.05) is 23.8 Å². The Bertz CT molecular complexity index is 836. The minimum Gasteiger partial charge on any atom is -0.439 e. The predicted octanol–water partition coefficient (Wildman–Crippen LogP) is 4.39. The molecule has 5 heteroatoms. The maximum Gasteiger partial charge on any atom is 0.224 e. The fourth-order valence-corrected chi connectivity index (χ4v) is 2.42. The highest BCUT2D eigenvalue weighted by molar-refractivity contribution is 6.30. The van der Waals surface area contributed by atoms with Crippen molar-refractivity contribution in [2.75, 3.05) is 0 Å². The zero-order valence-corrected chi connectivity index (χ0v) is 14.2. The monoisotopic (exact) mass is 352 g/mol. The van der Waals surface area contributed by atoms with Crippen LogP contribution in [0.1, 0.15) is 11.1 Å². The summed E-state index contributed by atoms with van der Waals surface area (Å²) in [5, 5.41) is 3.57. The maximum atomic E-state index is 12.1. The van der Waals surface area contributed by atoms with Crippen molar-refractivity contribution in [1.29, 1.82) is 0 Å². The Hall–Kier alpha value is -2.85. The number of nitrogens with one attached hydrogen (secondary N) is 1. The number of hydrogen-bond acceptors (Lipinski definition) is 3. The summed E-state index contributed by atoms with van der Waals surface area (Å²) in [7, 11) is 0. The number of carbonyl (C=O) groups excluding carboxylic acids is 1. The molecule has 1 heterocycles. The van der Waals surface area contributed by atoms with Crippen LogP contribution >= 0.6 is 11.6 Å². The molecule has 1 N–H and O–H groups in total. The third kappa shape index (κ3) is 5.33. The van der Waals surface area contributed by atoms with Crippen LogP contribution in [0.2, 0.25) is 5.02 Å². The molecule has 0 saturated heterocycles. The van der Waals surface area contributed by atoms with Gasteiger partial charge in [0.1, 0.15) is 5.75 Å². The van der Waals surface area contributed by atoms with E-state index in [-0.39, 0.29) is 5.91 Å². The van der Waals surface area contributed by atoms with Crippen molar-refractivity contribution < 1.29 is 9.53 Å². The van der Waals surface area contributed by atoms with E-state index in [9.17, 15) is 4.79 Å². The van der Waals surface area contributed by atoms with Crippen molar-refractivity contribution >= 4 is 17.5 Å². The normalized spacial score (nSPS) is 10.3. The van der Waals surface area contributed by atoms with E-state index in [1.807, 2.05) is 48.5 Å². The van der Waals surface area contributed by atoms with E-state index < -0.39 is 0 Å². The number of amides is 1. The molecule has 0 aliphatic rings. The Morgan fingerprint density at radius 1 is 1.00 bits per heavy atom. The first-order valence-corrected chi connectivity index (χ1v) is 8.26. The van der Waals surface area contributed by atoms with E-state index in [4.69, 9.17) is 16.3 Å². The molecule has 0 radical (unpaired) electrons. The number of nitrogens with zero attached hydrogens (tertiary/aromatic N) is 1. The zero-order chi connectivity index (χ0) is 17.5. The Kier molecular flexibility index (Phi) is 5.65. The first kappa shape index (κ1) is 17.0. The Balaban J connectivity index is 1.55. The molecule has 0 saturated carbocycles. The van der Waals surface area contributed by atoms with E-state index in [0.717, 1.165) is 11.1 Å². The molecule has 0 atom stereocenters. The van der Waals surface area contributed by atoms with Gasteiger partial charge < -0.3 is 10.1 Å². The van der Waals surface area contributed by atoms with Gasteiger partial charge in [-0.15, -0.1) is 0 Å². The summed E-state index contributed by atoms with van der Waals surface area (Å²) in [6.45, 7) is 0.436. The first-order valence-electron chi connectivity index (χ1n) is 7.88. The van der Waals surface area contributed by atoms with Crippen molar-refractivity contribution in [3.05, 3.63) is 89.1 Å². The molecule has 126 valence electrons. The van der Waals surface area contributed by atoms with Crippen LogP contribution < -0.4 is 10.1 Å². The van der Waals surface area contributed by atoms with Crippen molar-refractivity contribution in [2.45, 2.75) is 13.0 Å². The highest BCUT2D eigenvalue weighted by Gasteiger charge is 2.05. The van der Waals surface area contributed by atoms with Gasteiger partial charge in [-0.05, 0) is 41.5 Å². The van der Waals surface area contributed by atoms with Crippen LogP contribution in [0.15, 0.2) is 72.9 Å². The largest absolute Gasteiger partial charge is 0.439 e. The van der Waals surface area contributed by atoms with E-state index in [2.05, 4.69) is 10.3 Å². The standard InChI is InChI=1S/C20H17ClN2O2/c21-17-9-7-15(8-10-17)13-19(24)23-14-16-4-3-5-18(12-16)25-20-6-1-2-11-22-20/h1-12H,13-14H2,(H,23,24). The average molecular weight is 353 g/mol. The number of carbonyl (C=O) groups is 1. The van der Waals surface area contributed by atoms with Crippen LogP contribution in [0.25, 0.3) is 0 Å². The minimum atomic E-state index is -0.0432. The van der Waals surface area contributed by atoms with E-state index in [1.54, 1.807) is 24.4 Å². The van der Waals surface area contributed by atoms with Gasteiger partial charge in [-0.1, -0.05) is 41.9 Å². The Morgan fingerprint density at radius 3 is 2.60 bits per heavy atom. The highest BCUT2D eigenvalue weighted by atomic mass is 35.5. The lowest BCUT2D eigenvalue weighted by Crippen LogP contribution is -2.24. The number of ether oxygens (including phenoxy) is 1. The number of halogens is 1. The summed E-state index contributed by atoms with van der Waals surface area (Å²) in [5.41, 5.74) is 1.88. The number of pyridine rings is 1. The van der Waals surface area contributed by atoms with Gasteiger partial charge in [-0.25, -0.2) is 4.98 Å². The van der Waals surface area contributed by atoms with Gasteiger partial charge in [0.2, 0.25) is 11.8 Å². The second kappa shape index (κ2) is 8.31. The molecule has 4 nitrogen and oxygen atoms in total. The molecule has 0 aliphatic carbocycles. The third-order valence-electron chi connectivity index (χ3n) is 3.53. The van der Waals surface area contributed by atoms with Crippen LogP contribution in [0.4, 0.5) is 0 Å². The number of benzene rings is 2. The third-order valence-corrected chi connectivity index (χ3v) is 3.78. The second-order valence-electron chi connectivity index (χ2n) is 5.50. The lowest BCUT2D eigenvalue weighted by atomic mass is 10.1. The molecular weight excluding hydrogens is 336 g/mol. The Labute approximate surface area is 151 Å². The number of rotatable bonds is 6. The van der Waals surface area contributed by atoms with Gasteiger partial charge in [-0.3, -0.25) is 4.79 Å². The second-order valence-corrected chi connectivity index (χ2v) is 5.93. The van der Waals surface area contributed by atoms with Gasteiger partial charge in [0.25, 0.3) is 0 Å². The fraction of sp³-hybridized carbons (Fsp3) is 0.100. The van der Waals surface area contributed by atoms with Crippen molar-refractivity contribution in [2.24, 2.45) is 0 Å². The number of aromatic nitrogens is 1. The van der Waals surface area contributed by atoms with Crippen LogP contribution in [-0.2, 0) is 17.8 Å². The van der Waals surface area contributed by atoms with Crippen LogP contribution in [0, 0.1) is 0 Å². The topological polar surface area (TPSA) is 51.2 Å². The molecule has 3 aromatic rings. The highest BCUT2D eigenvalue weighted by Crippen LogP contribution is 2.20. The molecule has 3 rings (SSSR count). The molecule has 0 spiro atoms. The van der Waals surface area contributed by atoms with Crippen LogP contribution in [0.5, 0.6) is 11.6 Å². The molecular formula is C20H17ClN2O2. The van der Waals surface area contributed by atoms with Crippen molar-refractivity contribution in [1.82, 2.24) is 10.3 Å². The smallest absolute Gasteiger partial charge is 0.224 e.